The van der Waals surface area contributed by atoms with Gasteiger partial charge >= 0.3 is 11.9 Å². The van der Waals surface area contributed by atoms with Gasteiger partial charge in [0.1, 0.15) is 17.6 Å². The lowest BCUT2D eigenvalue weighted by atomic mass is 9.92. The number of H-pyrrole nitrogens is 1. The van der Waals surface area contributed by atoms with E-state index >= 15 is 0 Å². The molecule has 0 aromatic carbocycles. The van der Waals surface area contributed by atoms with Gasteiger partial charge in [-0.1, -0.05) is 0 Å². The maximum Gasteiger partial charge on any atom is 0.326 e. The Morgan fingerprint density at radius 3 is 2.84 bits per heavy atom. The normalized spacial score (nSPS) is 16.1. The molecule has 1 amide bonds. The molecule has 3 heterocycles. The topological polar surface area (TPSA) is 200 Å². The molecule has 7 N–H and O–H groups in total. The number of rotatable bonds is 9. The van der Waals surface area contributed by atoms with E-state index in [2.05, 4.69) is 25.0 Å². The molecule has 1 aliphatic rings. The molecule has 2 atom stereocenters. The quantitative estimate of drug-likeness (QED) is 0.304. The second-order valence-corrected chi connectivity index (χ2v) is 8.13. The second-order valence-electron chi connectivity index (χ2n) is 7.24. The van der Waals surface area contributed by atoms with E-state index < -0.39 is 23.9 Å². The average molecular weight is 450 g/mol. The predicted octanol–water partition coefficient (Wildman–Crippen LogP) is 0.0734. The number of aromatic nitrogens is 3. The molecule has 2 aromatic rings. The largest absolute Gasteiger partial charge is 0.481 e. The number of amides is 1. The van der Waals surface area contributed by atoms with Crippen molar-refractivity contribution in [3.63, 3.8) is 0 Å². The molecule has 0 bridgehead atoms. The van der Waals surface area contributed by atoms with Crippen molar-refractivity contribution < 1.29 is 24.6 Å². The number of carbonyl (C=O) groups is 3. The van der Waals surface area contributed by atoms with Crippen LogP contribution >= 0.6 is 11.5 Å². The van der Waals surface area contributed by atoms with Gasteiger partial charge in [-0.15, -0.1) is 0 Å². The Balaban J connectivity index is 1.55. The summed E-state index contributed by atoms with van der Waals surface area (Å²) < 4.78 is 4.07. The number of nitrogen functional groups attached to an aromatic ring is 1. The fourth-order valence-electron chi connectivity index (χ4n) is 3.30. The number of nitrogens with one attached hydrogen (secondary N) is 3. The summed E-state index contributed by atoms with van der Waals surface area (Å²) in [7, 11) is 0. The number of carboxylic acids is 2. The highest BCUT2D eigenvalue weighted by Gasteiger charge is 2.24. The number of fused-ring (bicyclic) bond motifs is 1. The van der Waals surface area contributed by atoms with Crippen LogP contribution in [0.15, 0.2) is 10.9 Å². The number of aromatic amines is 1. The molecule has 1 unspecified atom stereocenters. The molecule has 166 valence electrons. The third-order valence-corrected chi connectivity index (χ3v) is 5.77. The maximum absolute atomic E-state index is 12.3. The van der Waals surface area contributed by atoms with Crippen molar-refractivity contribution in [2.75, 3.05) is 17.6 Å². The highest BCUT2D eigenvalue weighted by atomic mass is 32.1. The summed E-state index contributed by atoms with van der Waals surface area (Å²) in [4.78, 5) is 53.6. The summed E-state index contributed by atoms with van der Waals surface area (Å²) in [5.74, 6) is -2.35. The number of anilines is 2. The van der Waals surface area contributed by atoms with Gasteiger partial charge in [0.25, 0.3) is 11.5 Å². The Bertz CT molecular complexity index is 1050. The van der Waals surface area contributed by atoms with Gasteiger partial charge < -0.3 is 26.6 Å². The Kier molecular flexibility index (Phi) is 6.84. The highest BCUT2D eigenvalue weighted by molar-refractivity contribution is 7.05. The van der Waals surface area contributed by atoms with Crippen LogP contribution in [0, 0.1) is 5.92 Å². The minimum Gasteiger partial charge on any atom is -0.481 e. The van der Waals surface area contributed by atoms with Crippen molar-refractivity contribution in [1.82, 2.24) is 19.7 Å². The Morgan fingerprint density at radius 2 is 2.13 bits per heavy atom. The van der Waals surface area contributed by atoms with E-state index in [1.54, 1.807) is 6.07 Å². The second kappa shape index (κ2) is 9.55. The predicted molar refractivity (Wildman–Crippen MR) is 111 cm³/mol. The SMILES string of the molecule is Nc1nc2c(c(=O)[nH]1)CC(CCc1cc(C(=O)N[C@@H](CCC(=O)O)C(=O)O)ns1)CN2. The van der Waals surface area contributed by atoms with Gasteiger partial charge in [0.05, 0.1) is 5.56 Å². The molecule has 0 radical (unpaired) electrons. The van der Waals surface area contributed by atoms with Crippen molar-refractivity contribution in [2.45, 2.75) is 38.1 Å². The zero-order valence-electron chi connectivity index (χ0n) is 16.4. The molecule has 31 heavy (non-hydrogen) atoms. The number of carbonyl (C=O) groups excluding carboxylic acids is 1. The van der Waals surface area contributed by atoms with Crippen LogP contribution in [0.4, 0.5) is 11.8 Å². The van der Waals surface area contributed by atoms with Crippen molar-refractivity contribution in [2.24, 2.45) is 5.92 Å². The smallest absolute Gasteiger partial charge is 0.326 e. The van der Waals surface area contributed by atoms with Gasteiger partial charge in [0.15, 0.2) is 0 Å². The van der Waals surface area contributed by atoms with Crippen LogP contribution in [0.5, 0.6) is 0 Å². The third-order valence-electron chi connectivity index (χ3n) is 4.93. The van der Waals surface area contributed by atoms with Gasteiger partial charge in [0, 0.05) is 17.8 Å². The number of aryl methyl sites for hydroxylation is 1. The number of carboxylic acid groups (broad SMARTS) is 2. The van der Waals surface area contributed by atoms with Crippen LogP contribution < -0.4 is 21.9 Å². The average Bonchev–Trinajstić information content (AvgIpc) is 3.18. The number of nitrogens with zero attached hydrogens (tertiary/aromatic N) is 2. The molecule has 0 fully saturated rings. The summed E-state index contributed by atoms with van der Waals surface area (Å²) in [6.45, 7) is 0.638. The molecule has 0 aliphatic carbocycles. The third kappa shape index (κ3) is 5.78. The monoisotopic (exact) mass is 450 g/mol. The fourth-order valence-corrected chi connectivity index (χ4v) is 4.02. The summed E-state index contributed by atoms with van der Waals surface area (Å²) in [6, 6.07) is 0.290. The lowest BCUT2D eigenvalue weighted by Gasteiger charge is -2.24. The first-order chi connectivity index (χ1) is 14.7. The summed E-state index contributed by atoms with van der Waals surface area (Å²) in [5, 5.41) is 23.3. The van der Waals surface area contributed by atoms with Gasteiger partial charge in [-0.25, -0.2) is 4.79 Å². The van der Waals surface area contributed by atoms with Gasteiger partial charge in [0.2, 0.25) is 5.95 Å². The van der Waals surface area contributed by atoms with Crippen LogP contribution in [0.25, 0.3) is 0 Å². The standard InChI is InChI=1S/C18H22N6O6S/c19-18-22-14-10(15(27)23-18)5-8(7-20-14)1-2-9-6-12(24-31-9)16(28)21-11(17(29)30)3-4-13(25)26/h6,8,11H,1-5,7H2,(H,21,28)(H,25,26)(H,29,30)(H4,19,20,22,23,27)/t8?,11-/m0/s1. The molecule has 3 rings (SSSR count). The zero-order chi connectivity index (χ0) is 22.5. The number of hydrogen-bond donors (Lipinski definition) is 6. The van der Waals surface area contributed by atoms with Crippen LogP contribution in [0.3, 0.4) is 0 Å². The maximum atomic E-state index is 12.3. The molecule has 13 heteroatoms. The summed E-state index contributed by atoms with van der Waals surface area (Å²) >= 11 is 1.14. The van der Waals surface area contributed by atoms with E-state index in [0.29, 0.717) is 30.8 Å². The number of nitrogens with two attached hydrogens (primary N) is 1. The van der Waals surface area contributed by atoms with Crippen molar-refractivity contribution in [1.29, 1.82) is 0 Å². The van der Waals surface area contributed by atoms with Crippen molar-refractivity contribution in [3.8, 4) is 0 Å². The first kappa shape index (κ1) is 22.2. The van der Waals surface area contributed by atoms with Gasteiger partial charge in [-0.2, -0.15) is 9.36 Å². The lowest BCUT2D eigenvalue weighted by molar-refractivity contribution is -0.140. The van der Waals surface area contributed by atoms with Crippen LogP contribution in [-0.2, 0) is 22.4 Å². The lowest BCUT2D eigenvalue weighted by Crippen LogP contribution is -2.41. The Morgan fingerprint density at radius 1 is 1.35 bits per heavy atom. The molecule has 0 saturated carbocycles. The fraction of sp³-hybridized carbons (Fsp3) is 0.444. The minimum absolute atomic E-state index is 0.0678. The van der Waals surface area contributed by atoms with Crippen molar-refractivity contribution in [3.05, 3.63) is 32.6 Å². The van der Waals surface area contributed by atoms with Gasteiger partial charge in [-0.3, -0.25) is 19.4 Å². The van der Waals surface area contributed by atoms with Crippen LogP contribution in [0.2, 0.25) is 0 Å². The van der Waals surface area contributed by atoms with E-state index in [1.165, 1.54) is 0 Å². The molecule has 0 saturated heterocycles. The first-order valence-electron chi connectivity index (χ1n) is 9.56. The van der Waals surface area contributed by atoms with E-state index in [1.807, 2.05) is 0 Å². The highest BCUT2D eigenvalue weighted by Crippen LogP contribution is 2.24. The number of hydrogen-bond acceptors (Lipinski definition) is 9. The molecular weight excluding hydrogens is 428 g/mol. The first-order valence-corrected chi connectivity index (χ1v) is 10.3. The molecule has 1 aliphatic heterocycles. The van der Waals surface area contributed by atoms with Crippen LogP contribution in [-0.4, -0.2) is 55.0 Å². The van der Waals surface area contributed by atoms with E-state index in [-0.39, 0.29) is 36.0 Å². The number of aliphatic carboxylic acids is 2. The van der Waals surface area contributed by atoms with Crippen LogP contribution in [0.1, 0.15) is 40.2 Å². The Hall–Kier alpha value is -3.48. The molecular formula is C18H22N6O6S. The van der Waals surface area contributed by atoms with Crippen molar-refractivity contribution >= 4 is 41.1 Å². The van der Waals surface area contributed by atoms with E-state index in [9.17, 15) is 19.2 Å². The summed E-state index contributed by atoms with van der Waals surface area (Å²) in [6.07, 6.45) is 1.34. The minimum atomic E-state index is -1.30. The molecule has 12 nitrogen and oxygen atoms in total. The molecule has 0 spiro atoms. The summed E-state index contributed by atoms with van der Waals surface area (Å²) in [5.41, 5.74) is 5.95. The Labute approximate surface area is 180 Å². The van der Waals surface area contributed by atoms with E-state index in [4.69, 9.17) is 15.9 Å². The van der Waals surface area contributed by atoms with E-state index in [0.717, 1.165) is 22.8 Å². The molecule has 2 aromatic heterocycles. The zero-order valence-corrected chi connectivity index (χ0v) is 17.2. The van der Waals surface area contributed by atoms with Gasteiger partial charge in [-0.05, 0) is 49.2 Å².